The van der Waals surface area contributed by atoms with E-state index in [1.807, 2.05) is 0 Å². The van der Waals surface area contributed by atoms with Gasteiger partial charge in [-0.25, -0.2) is 8.42 Å². The lowest BCUT2D eigenvalue weighted by Crippen LogP contribution is -2.38. The highest BCUT2D eigenvalue weighted by molar-refractivity contribution is 7.90. The summed E-state index contributed by atoms with van der Waals surface area (Å²) >= 11 is 0. The number of nitrogens with one attached hydrogen (secondary N) is 1. The Morgan fingerprint density at radius 3 is 2.50 bits per heavy atom. The van der Waals surface area contributed by atoms with E-state index in [1.165, 1.54) is 25.5 Å². The van der Waals surface area contributed by atoms with Gasteiger partial charge in [0.2, 0.25) is 5.91 Å². The Bertz CT molecular complexity index is 690. The average Bonchev–Trinajstić information content (AvgIpc) is 2.89. The number of hydrogen-bond acceptors (Lipinski definition) is 4. The number of ether oxygens (including phenoxy) is 1. The highest BCUT2D eigenvalue weighted by Crippen LogP contribution is 2.39. The van der Waals surface area contributed by atoms with Crippen LogP contribution in [0.5, 0.6) is 0 Å². The van der Waals surface area contributed by atoms with Crippen LogP contribution in [0, 0.1) is 0 Å². The summed E-state index contributed by atoms with van der Waals surface area (Å²) in [6.07, 6.45) is 8.26. The Balaban J connectivity index is 1.53. The molecule has 1 spiro atoms. The first-order chi connectivity index (χ1) is 11.4. The number of sulfone groups is 1. The van der Waals surface area contributed by atoms with Crippen molar-refractivity contribution in [1.29, 1.82) is 0 Å². The Labute approximate surface area is 143 Å². The number of rotatable bonds is 4. The molecule has 0 bridgehead atoms. The molecular weight excluding hydrogens is 326 g/mol. The molecule has 1 N–H and O–H groups in total. The average molecular weight is 351 g/mol. The van der Waals surface area contributed by atoms with Crippen LogP contribution in [-0.2, 0) is 25.8 Å². The van der Waals surface area contributed by atoms with Crippen LogP contribution in [-0.4, -0.2) is 38.8 Å². The second kappa shape index (κ2) is 6.84. The molecule has 1 heterocycles. The van der Waals surface area contributed by atoms with Gasteiger partial charge in [-0.3, -0.25) is 4.79 Å². The molecule has 1 saturated heterocycles. The van der Waals surface area contributed by atoms with Crippen LogP contribution in [0.1, 0.15) is 44.1 Å². The number of carbonyl (C=O) groups is 1. The molecule has 1 aromatic carbocycles. The molecule has 1 atom stereocenters. The van der Waals surface area contributed by atoms with Crippen LogP contribution in [0.15, 0.2) is 29.2 Å². The summed E-state index contributed by atoms with van der Waals surface area (Å²) < 4.78 is 28.9. The van der Waals surface area contributed by atoms with Crippen molar-refractivity contribution in [2.75, 3.05) is 12.9 Å². The molecule has 0 aromatic heterocycles. The van der Waals surface area contributed by atoms with Crippen LogP contribution >= 0.6 is 0 Å². The first-order valence-electron chi connectivity index (χ1n) is 8.59. The molecule has 0 unspecified atom stereocenters. The largest absolute Gasteiger partial charge is 0.373 e. The first kappa shape index (κ1) is 17.4. The maximum absolute atomic E-state index is 12.2. The smallest absolute Gasteiger partial charge is 0.224 e. The van der Waals surface area contributed by atoms with Crippen molar-refractivity contribution in [3.8, 4) is 0 Å². The topological polar surface area (TPSA) is 72.5 Å². The molecule has 132 valence electrons. The van der Waals surface area contributed by atoms with Crippen LogP contribution in [0.4, 0.5) is 0 Å². The van der Waals surface area contributed by atoms with E-state index in [0.717, 1.165) is 24.8 Å². The summed E-state index contributed by atoms with van der Waals surface area (Å²) in [6.45, 7) is 0.596. The zero-order chi connectivity index (χ0) is 17.2. The standard InChI is InChI=1S/C18H25NO4S/c1-24(21,22)16-7-5-14(6-8-16)11-17(20)19-15-12-18(23-13-15)9-3-2-4-10-18/h5-8,15H,2-4,9-13H2,1H3,(H,19,20)/t15-/m0/s1. The Hall–Kier alpha value is -1.40. The van der Waals surface area contributed by atoms with E-state index < -0.39 is 9.84 Å². The second-order valence-corrected chi connectivity index (χ2v) is 9.13. The molecule has 1 saturated carbocycles. The Morgan fingerprint density at radius 2 is 1.88 bits per heavy atom. The van der Waals surface area contributed by atoms with Gasteiger partial charge in [0.05, 0.1) is 29.6 Å². The van der Waals surface area contributed by atoms with Crippen LogP contribution in [0.3, 0.4) is 0 Å². The molecule has 2 fully saturated rings. The summed E-state index contributed by atoms with van der Waals surface area (Å²) in [5.74, 6) is -0.0384. The van der Waals surface area contributed by atoms with E-state index in [0.29, 0.717) is 6.61 Å². The first-order valence-corrected chi connectivity index (χ1v) is 10.5. The van der Waals surface area contributed by atoms with Crippen molar-refractivity contribution in [2.24, 2.45) is 0 Å². The minimum absolute atomic E-state index is 0.00662. The van der Waals surface area contributed by atoms with Gasteiger partial charge in [-0.1, -0.05) is 31.4 Å². The molecule has 1 aliphatic heterocycles. The molecule has 2 aliphatic rings. The predicted molar refractivity (Wildman–Crippen MR) is 91.6 cm³/mol. The van der Waals surface area contributed by atoms with E-state index in [-0.39, 0.29) is 28.9 Å². The van der Waals surface area contributed by atoms with Gasteiger partial charge in [-0.05, 0) is 37.0 Å². The van der Waals surface area contributed by atoms with E-state index in [4.69, 9.17) is 4.74 Å². The number of hydrogen-bond donors (Lipinski definition) is 1. The third kappa shape index (κ3) is 4.16. The summed E-state index contributed by atoms with van der Waals surface area (Å²) in [5, 5.41) is 3.06. The molecule has 6 heteroatoms. The van der Waals surface area contributed by atoms with Crippen molar-refractivity contribution in [3.05, 3.63) is 29.8 Å². The van der Waals surface area contributed by atoms with E-state index >= 15 is 0 Å². The predicted octanol–water partition coefficient (Wildman–Crippen LogP) is 2.24. The quantitative estimate of drug-likeness (QED) is 0.903. The third-order valence-corrected chi connectivity index (χ3v) is 6.18. The number of benzene rings is 1. The molecule has 24 heavy (non-hydrogen) atoms. The van der Waals surface area contributed by atoms with E-state index in [9.17, 15) is 13.2 Å². The fourth-order valence-corrected chi connectivity index (χ4v) is 4.43. The lowest BCUT2D eigenvalue weighted by atomic mass is 9.82. The monoisotopic (exact) mass is 351 g/mol. The molecular formula is C18H25NO4S. The van der Waals surface area contributed by atoms with Gasteiger partial charge < -0.3 is 10.1 Å². The van der Waals surface area contributed by atoms with Gasteiger partial charge in [0.25, 0.3) is 0 Å². The van der Waals surface area contributed by atoms with Gasteiger partial charge in [0.1, 0.15) is 0 Å². The Kier molecular flexibility index (Phi) is 4.97. The number of amides is 1. The second-order valence-electron chi connectivity index (χ2n) is 7.12. The SMILES string of the molecule is CS(=O)(=O)c1ccc(CC(=O)N[C@@H]2COC3(CCCCC3)C2)cc1. The van der Waals surface area contributed by atoms with Crippen molar-refractivity contribution in [2.45, 2.75) is 61.5 Å². The van der Waals surface area contributed by atoms with Crippen molar-refractivity contribution in [1.82, 2.24) is 5.32 Å². The zero-order valence-corrected chi connectivity index (χ0v) is 14.9. The van der Waals surface area contributed by atoms with Crippen molar-refractivity contribution < 1.29 is 17.9 Å². The van der Waals surface area contributed by atoms with Crippen LogP contribution in [0.2, 0.25) is 0 Å². The zero-order valence-electron chi connectivity index (χ0n) is 14.1. The van der Waals surface area contributed by atoms with Crippen LogP contribution in [0.25, 0.3) is 0 Å². The van der Waals surface area contributed by atoms with Crippen LogP contribution < -0.4 is 5.32 Å². The fraction of sp³-hybridized carbons (Fsp3) is 0.611. The minimum atomic E-state index is -3.20. The van der Waals surface area contributed by atoms with Gasteiger partial charge in [-0.2, -0.15) is 0 Å². The fourth-order valence-electron chi connectivity index (χ4n) is 3.80. The van der Waals surface area contributed by atoms with Gasteiger partial charge >= 0.3 is 0 Å². The molecule has 0 radical (unpaired) electrons. The lowest BCUT2D eigenvalue weighted by molar-refractivity contribution is -0.121. The highest BCUT2D eigenvalue weighted by Gasteiger charge is 2.41. The third-order valence-electron chi connectivity index (χ3n) is 5.06. The number of carbonyl (C=O) groups excluding carboxylic acids is 1. The maximum atomic E-state index is 12.2. The summed E-state index contributed by atoms with van der Waals surface area (Å²) in [5.41, 5.74) is 0.805. The summed E-state index contributed by atoms with van der Waals surface area (Å²) in [7, 11) is -3.20. The molecule has 1 amide bonds. The van der Waals surface area contributed by atoms with Gasteiger partial charge in [0.15, 0.2) is 9.84 Å². The minimum Gasteiger partial charge on any atom is -0.373 e. The maximum Gasteiger partial charge on any atom is 0.224 e. The molecule has 1 aliphatic carbocycles. The van der Waals surface area contributed by atoms with Crippen molar-refractivity contribution >= 4 is 15.7 Å². The highest BCUT2D eigenvalue weighted by atomic mass is 32.2. The molecule has 3 rings (SSSR count). The molecule has 5 nitrogen and oxygen atoms in total. The lowest BCUT2D eigenvalue weighted by Gasteiger charge is -2.32. The van der Waals surface area contributed by atoms with Gasteiger partial charge in [-0.15, -0.1) is 0 Å². The van der Waals surface area contributed by atoms with Gasteiger partial charge in [0, 0.05) is 6.26 Å². The summed E-state index contributed by atoms with van der Waals surface area (Å²) in [4.78, 5) is 12.5. The normalized spacial score (nSPS) is 23.3. The molecule has 1 aromatic rings. The van der Waals surface area contributed by atoms with E-state index in [1.54, 1.807) is 24.3 Å². The summed E-state index contributed by atoms with van der Waals surface area (Å²) in [6, 6.07) is 6.58. The Morgan fingerprint density at radius 1 is 1.21 bits per heavy atom. The van der Waals surface area contributed by atoms with E-state index in [2.05, 4.69) is 5.32 Å². The van der Waals surface area contributed by atoms with Crippen molar-refractivity contribution in [3.63, 3.8) is 0 Å².